The predicted octanol–water partition coefficient (Wildman–Crippen LogP) is 2.59. The summed E-state index contributed by atoms with van der Waals surface area (Å²) in [5, 5.41) is 3.07. The number of urea groups is 1. The molecular weight excluding hydrogens is 212 g/mol. The molecular formula is C14H20N2O. The highest BCUT2D eigenvalue weighted by molar-refractivity contribution is 5.74. The summed E-state index contributed by atoms with van der Waals surface area (Å²) in [7, 11) is 1.85. The van der Waals surface area contributed by atoms with Crippen molar-refractivity contribution in [2.75, 3.05) is 13.6 Å². The second-order valence-corrected chi connectivity index (χ2v) is 4.73. The maximum absolute atomic E-state index is 11.8. The maximum atomic E-state index is 11.8. The first-order valence-corrected chi connectivity index (χ1v) is 6.29. The van der Waals surface area contributed by atoms with Gasteiger partial charge in [-0.2, -0.15) is 0 Å². The van der Waals surface area contributed by atoms with Crippen LogP contribution in [0.25, 0.3) is 0 Å². The molecule has 2 atom stereocenters. The molecule has 1 aliphatic carbocycles. The van der Waals surface area contributed by atoms with Crippen molar-refractivity contribution in [1.29, 1.82) is 0 Å². The van der Waals surface area contributed by atoms with Gasteiger partial charge in [-0.3, -0.25) is 0 Å². The molecule has 1 aromatic carbocycles. The van der Waals surface area contributed by atoms with Gasteiger partial charge in [0.2, 0.25) is 0 Å². The number of hydrogen-bond acceptors (Lipinski definition) is 1. The average Bonchev–Trinajstić information content (AvgIpc) is 3.10. The van der Waals surface area contributed by atoms with E-state index in [2.05, 4.69) is 36.5 Å². The molecule has 2 rings (SSSR count). The largest absolute Gasteiger partial charge is 0.335 e. The van der Waals surface area contributed by atoms with Gasteiger partial charge in [0.25, 0.3) is 0 Å². The van der Waals surface area contributed by atoms with Gasteiger partial charge in [0.15, 0.2) is 0 Å². The number of nitrogens with one attached hydrogen (secondary N) is 1. The SMILES string of the molecule is CCCN(C)C(=O)N[C@H]1C[C@@H]1c1ccccc1. The molecule has 3 heteroatoms. The number of benzene rings is 1. The maximum Gasteiger partial charge on any atom is 0.317 e. The lowest BCUT2D eigenvalue weighted by molar-refractivity contribution is 0.208. The Balaban J connectivity index is 1.82. The Labute approximate surface area is 103 Å². The zero-order chi connectivity index (χ0) is 12.3. The molecule has 0 aliphatic heterocycles. The van der Waals surface area contributed by atoms with E-state index in [4.69, 9.17) is 0 Å². The molecule has 1 saturated carbocycles. The van der Waals surface area contributed by atoms with E-state index in [1.807, 2.05) is 13.1 Å². The molecule has 0 saturated heterocycles. The van der Waals surface area contributed by atoms with Gasteiger partial charge in [0.05, 0.1) is 0 Å². The van der Waals surface area contributed by atoms with Gasteiger partial charge in [-0.05, 0) is 18.4 Å². The number of carbonyl (C=O) groups is 1. The molecule has 0 spiro atoms. The number of amides is 2. The molecule has 1 aliphatic rings. The second kappa shape index (κ2) is 5.21. The van der Waals surface area contributed by atoms with Crippen molar-refractivity contribution in [1.82, 2.24) is 10.2 Å². The van der Waals surface area contributed by atoms with Crippen molar-refractivity contribution < 1.29 is 4.79 Å². The quantitative estimate of drug-likeness (QED) is 0.850. The van der Waals surface area contributed by atoms with Gasteiger partial charge in [0, 0.05) is 25.6 Å². The molecule has 0 unspecified atom stereocenters. The summed E-state index contributed by atoms with van der Waals surface area (Å²) in [4.78, 5) is 13.5. The van der Waals surface area contributed by atoms with Crippen LogP contribution in [0.1, 0.15) is 31.2 Å². The standard InChI is InChI=1S/C14H20N2O/c1-3-9-16(2)14(17)15-13-10-12(13)11-7-5-4-6-8-11/h4-8,12-13H,3,9-10H2,1-2H3,(H,15,17)/t12-,13+/m1/s1. The first-order chi connectivity index (χ1) is 8.22. The summed E-state index contributed by atoms with van der Waals surface area (Å²) < 4.78 is 0. The lowest BCUT2D eigenvalue weighted by Gasteiger charge is -2.16. The molecule has 92 valence electrons. The van der Waals surface area contributed by atoms with E-state index in [0.717, 1.165) is 19.4 Å². The minimum absolute atomic E-state index is 0.0512. The van der Waals surface area contributed by atoms with Gasteiger partial charge >= 0.3 is 6.03 Å². The van der Waals surface area contributed by atoms with Gasteiger partial charge in [-0.25, -0.2) is 4.79 Å². The summed E-state index contributed by atoms with van der Waals surface area (Å²) in [5.41, 5.74) is 1.33. The van der Waals surface area contributed by atoms with E-state index in [1.54, 1.807) is 4.90 Å². The van der Waals surface area contributed by atoms with Crippen molar-refractivity contribution in [2.45, 2.75) is 31.7 Å². The van der Waals surface area contributed by atoms with E-state index in [1.165, 1.54) is 5.56 Å². The molecule has 0 aromatic heterocycles. The first-order valence-electron chi connectivity index (χ1n) is 6.29. The van der Waals surface area contributed by atoms with Crippen molar-refractivity contribution in [3.63, 3.8) is 0 Å². The van der Waals surface area contributed by atoms with Gasteiger partial charge in [-0.15, -0.1) is 0 Å². The molecule has 3 nitrogen and oxygen atoms in total. The summed E-state index contributed by atoms with van der Waals surface area (Å²) in [5.74, 6) is 0.509. The van der Waals surface area contributed by atoms with Crippen molar-refractivity contribution in [3.8, 4) is 0 Å². The first kappa shape index (κ1) is 12.0. The average molecular weight is 232 g/mol. The highest BCUT2D eigenvalue weighted by Crippen LogP contribution is 2.40. The highest BCUT2D eigenvalue weighted by atomic mass is 16.2. The van der Waals surface area contributed by atoms with Crippen LogP contribution in [-0.4, -0.2) is 30.6 Å². The molecule has 0 bridgehead atoms. The molecule has 1 fully saturated rings. The minimum Gasteiger partial charge on any atom is -0.335 e. The Bertz CT molecular complexity index is 377. The predicted molar refractivity (Wildman–Crippen MR) is 69.0 cm³/mol. The summed E-state index contributed by atoms with van der Waals surface area (Å²) in [6.45, 7) is 2.89. The monoisotopic (exact) mass is 232 g/mol. The van der Waals surface area contributed by atoms with Gasteiger partial charge in [-0.1, -0.05) is 37.3 Å². The third-order valence-electron chi connectivity index (χ3n) is 3.23. The van der Waals surface area contributed by atoms with Crippen LogP contribution in [0.4, 0.5) is 4.79 Å². The normalized spacial score (nSPS) is 22.0. The number of rotatable bonds is 4. The van der Waals surface area contributed by atoms with Crippen LogP contribution in [0.2, 0.25) is 0 Å². The third kappa shape index (κ3) is 2.99. The smallest absolute Gasteiger partial charge is 0.317 e. The van der Waals surface area contributed by atoms with Crippen LogP contribution in [0.3, 0.4) is 0 Å². The van der Waals surface area contributed by atoms with Crippen LogP contribution in [-0.2, 0) is 0 Å². The van der Waals surface area contributed by atoms with Gasteiger partial charge < -0.3 is 10.2 Å². The topological polar surface area (TPSA) is 32.3 Å². The lowest BCUT2D eigenvalue weighted by Crippen LogP contribution is -2.39. The van der Waals surface area contributed by atoms with Crippen LogP contribution in [0.15, 0.2) is 30.3 Å². The fourth-order valence-corrected chi connectivity index (χ4v) is 2.13. The van der Waals surface area contributed by atoms with E-state index in [9.17, 15) is 4.79 Å². The molecule has 0 heterocycles. The van der Waals surface area contributed by atoms with Crippen molar-refractivity contribution in [3.05, 3.63) is 35.9 Å². The van der Waals surface area contributed by atoms with E-state index in [-0.39, 0.29) is 6.03 Å². The molecule has 1 aromatic rings. The molecule has 2 amide bonds. The molecule has 1 N–H and O–H groups in total. The highest BCUT2D eigenvalue weighted by Gasteiger charge is 2.39. The zero-order valence-corrected chi connectivity index (χ0v) is 10.5. The Hall–Kier alpha value is -1.51. The summed E-state index contributed by atoms with van der Waals surface area (Å²) >= 11 is 0. The van der Waals surface area contributed by atoms with Crippen LogP contribution >= 0.6 is 0 Å². The number of nitrogens with zero attached hydrogens (tertiary/aromatic N) is 1. The van der Waals surface area contributed by atoms with E-state index in [0.29, 0.717) is 12.0 Å². The van der Waals surface area contributed by atoms with Crippen molar-refractivity contribution in [2.24, 2.45) is 0 Å². The minimum atomic E-state index is 0.0512. The second-order valence-electron chi connectivity index (χ2n) is 4.73. The lowest BCUT2D eigenvalue weighted by atomic mass is 10.1. The summed E-state index contributed by atoms with van der Waals surface area (Å²) in [6.07, 6.45) is 2.06. The molecule has 0 radical (unpaired) electrons. The van der Waals surface area contributed by atoms with E-state index >= 15 is 0 Å². The Kier molecular flexibility index (Phi) is 3.67. The number of hydrogen-bond donors (Lipinski definition) is 1. The zero-order valence-electron chi connectivity index (χ0n) is 10.5. The molecule has 17 heavy (non-hydrogen) atoms. The van der Waals surface area contributed by atoms with Crippen LogP contribution < -0.4 is 5.32 Å². The number of carbonyl (C=O) groups excluding carboxylic acids is 1. The fourth-order valence-electron chi connectivity index (χ4n) is 2.13. The fraction of sp³-hybridized carbons (Fsp3) is 0.500. The van der Waals surface area contributed by atoms with E-state index < -0.39 is 0 Å². The third-order valence-corrected chi connectivity index (χ3v) is 3.23. The Morgan fingerprint density at radius 3 is 2.76 bits per heavy atom. The summed E-state index contributed by atoms with van der Waals surface area (Å²) in [6, 6.07) is 10.8. The Morgan fingerprint density at radius 2 is 2.12 bits per heavy atom. The Morgan fingerprint density at radius 1 is 1.41 bits per heavy atom. The van der Waals surface area contributed by atoms with Crippen LogP contribution in [0, 0.1) is 0 Å². The van der Waals surface area contributed by atoms with Crippen molar-refractivity contribution >= 4 is 6.03 Å². The van der Waals surface area contributed by atoms with Crippen LogP contribution in [0.5, 0.6) is 0 Å². The van der Waals surface area contributed by atoms with Gasteiger partial charge in [0.1, 0.15) is 0 Å².